The minimum absolute atomic E-state index is 0.0452. The van der Waals surface area contributed by atoms with Gasteiger partial charge >= 0.3 is 0 Å². The summed E-state index contributed by atoms with van der Waals surface area (Å²) in [5.41, 5.74) is 1.05. The summed E-state index contributed by atoms with van der Waals surface area (Å²) in [6.07, 6.45) is 4.14. The van der Waals surface area contributed by atoms with Crippen molar-refractivity contribution in [1.29, 1.82) is 0 Å². The Balaban J connectivity index is 1.44. The molecule has 5 rings (SSSR count). The number of nitrogens with one attached hydrogen (secondary N) is 1. The fraction of sp³-hybridized carbons (Fsp3) is 0.474. The van der Waals surface area contributed by atoms with E-state index in [2.05, 4.69) is 22.1 Å². The zero-order valence-electron chi connectivity index (χ0n) is 14.6. The number of hydrogen-bond acceptors (Lipinski definition) is 5. The number of rotatable bonds is 4. The molecule has 1 amide bonds. The van der Waals surface area contributed by atoms with Gasteiger partial charge in [0.15, 0.2) is 5.01 Å². The van der Waals surface area contributed by atoms with Gasteiger partial charge in [-0.25, -0.2) is 4.98 Å². The van der Waals surface area contributed by atoms with Gasteiger partial charge in [-0.2, -0.15) is 0 Å². The summed E-state index contributed by atoms with van der Waals surface area (Å²) in [6.45, 7) is 4.41. The molecule has 6 heteroatoms. The van der Waals surface area contributed by atoms with Crippen LogP contribution < -0.4 is 10.1 Å². The van der Waals surface area contributed by atoms with E-state index in [0.29, 0.717) is 17.0 Å². The van der Waals surface area contributed by atoms with Crippen molar-refractivity contribution < 1.29 is 9.53 Å². The third-order valence-electron chi connectivity index (χ3n) is 5.45. The second-order valence-corrected chi connectivity index (χ2v) is 8.00. The van der Waals surface area contributed by atoms with Crippen LogP contribution in [0.5, 0.6) is 5.75 Å². The molecular formula is C19H23N3O2S. The SMILES string of the molecule is COc1ccc(-c2cnc(C(=O)N[C@H]3CN4CCC3CC4C)s2)cc1. The lowest BCUT2D eigenvalue weighted by Crippen LogP contribution is -2.60. The molecule has 132 valence electrons. The maximum absolute atomic E-state index is 12.6. The molecule has 2 aromatic rings. The van der Waals surface area contributed by atoms with E-state index < -0.39 is 0 Å². The molecule has 4 heterocycles. The maximum atomic E-state index is 12.6. The van der Waals surface area contributed by atoms with Gasteiger partial charge in [0.05, 0.1) is 12.0 Å². The Morgan fingerprint density at radius 3 is 2.80 bits per heavy atom. The minimum atomic E-state index is -0.0452. The Morgan fingerprint density at radius 1 is 1.36 bits per heavy atom. The standard InChI is InChI=1S/C19H23N3O2S/c1-12-9-14-7-8-22(12)11-16(14)21-18(23)19-20-10-17(25-19)13-3-5-15(24-2)6-4-13/h3-6,10,12,14,16H,7-9,11H2,1-2H3,(H,21,23)/t12?,14?,16-/m0/s1. The molecule has 3 aliphatic heterocycles. The Morgan fingerprint density at radius 2 is 2.16 bits per heavy atom. The van der Waals surface area contributed by atoms with Crippen LogP contribution in [0.15, 0.2) is 30.5 Å². The summed E-state index contributed by atoms with van der Waals surface area (Å²) in [6, 6.07) is 8.72. The fourth-order valence-corrected chi connectivity index (χ4v) is 4.78. The van der Waals surface area contributed by atoms with Crippen LogP contribution in [0.3, 0.4) is 0 Å². The molecule has 5 nitrogen and oxygen atoms in total. The first-order valence-electron chi connectivity index (χ1n) is 8.79. The number of fused-ring (bicyclic) bond motifs is 3. The molecule has 3 fully saturated rings. The van der Waals surface area contributed by atoms with Gasteiger partial charge < -0.3 is 10.1 Å². The van der Waals surface area contributed by atoms with Crippen molar-refractivity contribution in [3.8, 4) is 16.2 Å². The molecule has 3 unspecified atom stereocenters. The van der Waals surface area contributed by atoms with Gasteiger partial charge in [0, 0.05) is 24.8 Å². The largest absolute Gasteiger partial charge is 0.497 e. The van der Waals surface area contributed by atoms with E-state index in [1.54, 1.807) is 13.3 Å². The second-order valence-electron chi connectivity index (χ2n) is 6.97. The summed E-state index contributed by atoms with van der Waals surface area (Å²) in [4.78, 5) is 20.4. The highest BCUT2D eigenvalue weighted by molar-refractivity contribution is 7.16. The van der Waals surface area contributed by atoms with Gasteiger partial charge in [-0.05, 0) is 62.1 Å². The fourth-order valence-electron chi connectivity index (χ4n) is 3.96. The van der Waals surface area contributed by atoms with E-state index >= 15 is 0 Å². The molecule has 2 bridgehead atoms. The molecule has 3 saturated heterocycles. The third-order valence-corrected chi connectivity index (χ3v) is 6.49. The summed E-state index contributed by atoms with van der Waals surface area (Å²) in [5, 5.41) is 3.75. The van der Waals surface area contributed by atoms with Crippen molar-refractivity contribution in [2.24, 2.45) is 5.92 Å². The molecule has 25 heavy (non-hydrogen) atoms. The topological polar surface area (TPSA) is 54.5 Å². The van der Waals surface area contributed by atoms with Crippen molar-refractivity contribution in [2.45, 2.75) is 31.8 Å². The molecular weight excluding hydrogens is 334 g/mol. The van der Waals surface area contributed by atoms with Crippen molar-refractivity contribution in [3.05, 3.63) is 35.5 Å². The average molecular weight is 357 g/mol. The number of amides is 1. The monoisotopic (exact) mass is 357 g/mol. The van der Waals surface area contributed by atoms with Crippen LogP contribution in [0.2, 0.25) is 0 Å². The van der Waals surface area contributed by atoms with Crippen molar-refractivity contribution in [3.63, 3.8) is 0 Å². The predicted octanol–water partition coefficient (Wildman–Crippen LogP) is 3.03. The summed E-state index contributed by atoms with van der Waals surface area (Å²) in [7, 11) is 1.65. The molecule has 3 aliphatic rings. The van der Waals surface area contributed by atoms with Crippen LogP contribution in [0, 0.1) is 5.92 Å². The van der Waals surface area contributed by atoms with Gasteiger partial charge in [-0.15, -0.1) is 11.3 Å². The van der Waals surface area contributed by atoms with Gasteiger partial charge in [0.2, 0.25) is 0 Å². The van der Waals surface area contributed by atoms with Gasteiger partial charge in [0.25, 0.3) is 5.91 Å². The molecule has 1 N–H and O–H groups in total. The number of carbonyl (C=O) groups is 1. The van der Waals surface area contributed by atoms with Crippen LogP contribution in [0.25, 0.3) is 10.4 Å². The van der Waals surface area contributed by atoms with E-state index in [4.69, 9.17) is 4.74 Å². The highest BCUT2D eigenvalue weighted by atomic mass is 32.1. The lowest BCUT2D eigenvalue weighted by atomic mass is 9.80. The van der Waals surface area contributed by atoms with E-state index in [1.807, 2.05) is 24.3 Å². The number of methoxy groups -OCH3 is 1. The molecule has 0 spiro atoms. The first-order chi connectivity index (χ1) is 12.1. The Kier molecular flexibility index (Phi) is 4.48. The number of benzene rings is 1. The number of hydrogen-bond donors (Lipinski definition) is 1. The zero-order chi connectivity index (χ0) is 17.4. The number of piperidine rings is 3. The summed E-state index contributed by atoms with van der Waals surface area (Å²) >= 11 is 1.44. The lowest BCUT2D eigenvalue weighted by Gasteiger charge is -2.48. The number of nitrogens with zero attached hydrogens (tertiary/aromatic N) is 2. The highest BCUT2D eigenvalue weighted by Gasteiger charge is 2.39. The second kappa shape index (κ2) is 6.77. The van der Waals surface area contributed by atoms with Crippen molar-refractivity contribution in [1.82, 2.24) is 15.2 Å². The van der Waals surface area contributed by atoms with E-state index in [1.165, 1.54) is 24.2 Å². The summed E-state index contributed by atoms with van der Waals surface area (Å²) < 4.78 is 5.18. The molecule has 0 radical (unpaired) electrons. The van der Waals surface area contributed by atoms with Crippen molar-refractivity contribution >= 4 is 17.2 Å². The third kappa shape index (κ3) is 3.28. The number of ether oxygens (including phenoxy) is 1. The molecule has 1 aromatic carbocycles. The van der Waals surface area contributed by atoms with Crippen LogP contribution in [0.1, 0.15) is 29.6 Å². The lowest BCUT2D eigenvalue weighted by molar-refractivity contribution is 0.0274. The van der Waals surface area contributed by atoms with Gasteiger partial charge in [-0.3, -0.25) is 9.69 Å². The number of thiazole rings is 1. The van der Waals surface area contributed by atoms with Gasteiger partial charge in [0.1, 0.15) is 5.75 Å². The zero-order valence-corrected chi connectivity index (χ0v) is 15.4. The van der Waals surface area contributed by atoms with Crippen LogP contribution in [-0.2, 0) is 0 Å². The summed E-state index contributed by atoms with van der Waals surface area (Å²) in [5.74, 6) is 1.38. The molecule has 1 aromatic heterocycles. The number of carbonyl (C=O) groups excluding carboxylic acids is 1. The highest BCUT2D eigenvalue weighted by Crippen LogP contribution is 2.32. The van der Waals surface area contributed by atoms with E-state index in [9.17, 15) is 4.79 Å². The quantitative estimate of drug-likeness (QED) is 0.914. The van der Waals surface area contributed by atoms with E-state index in [-0.39, 0.29) is 11.9 Å². The van der Waals surface area contributed by atoms with Crippen LogP contribution in [-0.4, -0.2) is 48.1 Å². The first-order valence-corrected chi connectivity index (χ1v) is 9.61. The van der Waals surface area contributed by atoms with Crippen LogP contribution >= 0.6 is 11.3 Å². The van der Waals surface area contributed by atoms with Crippen LogP contribution in [0.4, 0.5) is 0 Å². The first kappa shape index (κ1) is 16.5. The predicted molar refractivity (Wildman–Crippen MR) is 99.1 cm³/mol. The van der Waals surface area contributed by atoms with Gasteiger partial charge in [-0.1, -0.05) is 0 Å². The molecule has 0 aliphatic carbocycles. The molecule has 0 saturated carbocycles. The molecule has 4 atom stereocenters. The van der Waals surface area contributed by atoms with Crippen molar-refractivity contribution in [2.75, 3.05) is 20.2 Å². The Bertz CT molecular complexity index is 758. The smallest absolute Gasteiger partial charge is 0.280 e. The number of aromatic nitrogens is 1. The maximum Gasteiger partial charge on any atom is 0.280 e. The average Bonchev–Trinajstić information content (AvgIpc) is 3.13. The van der Waals surface area contributed by atoms with E-state index in [0.717, 1.165) is 29.3 Å². The Labute approximate surface area is 152 Å². The normalized spacial score (nSPS) is 27.9. The Hall–Kier alpha value is -1.92. The minimum Gasteiger partial charge on any atom is -0.497 e.